The molecule has 5 nitrogen and oxygen atoms in total. The van der Waals surface area contributed by atoms with Gasteiger partial charge in [0.1, 0.15) is 12.6 Å². The van der Waals surface area contributed by atoms with Crippen molar-refractivity contribution < 1.29 is 24.2 Å². The number of aliphatic hydroxyl groups is 1. The first-order chi connectivity index (χ1) is 15.0. The van der Waals surface area contributed by atoms with Crippen LogP contribution >= 0.6 is 0 Å². The summed E-state index contributed by atoms with van der Waals surface area (Å²) in [6.07, 6.45) is 9.83. The Morgan fingerprint density at radius 3 is 2.41 bits per heavy atom. The van der Waals surface area contributed by atoms with Crippen LogP contribution in [-0.2, 0) is 19.1 Å². The fraction of sp³-hybridized carbons (Fsp3) is 0.815. The molecule has 4 rings (SSSR count). The van der Waals surface area contributed by atoms with Gasteiger partial charge in [-0.15, -0.1) is 0 Å². The molecule has 0 radical (unpaired) electrons. The second-order valence-electron chi connectivity index (χ2n) is 12.3. The number of ether oxygens (including phenoxy) is 1. The maximum atomic E-state index is 12.2. The molecule has 1 N–H and O–H groups in total. The lowest BCUT2D eigenvalue weighted by Crippen LogP contribution is -2.66. The molecular weight excluding hydrogens is 404 g/mol. The molecule has 3 fully saturated rings. The summed E-state index contributed by atoms with van der Waals surface area (Å²) in [4.78, 5) is 35.4. The Morgan fingerprint density at radius 1 is 1.09 bits per heavy atom. The molecule has 4 aliphatic rings. The standard InChI is InChI=1S/C27H40O5/c1-17(30)32-16-24(2)10-6-11-25(3)20(24)9-12-26(4)21-8-7-18(14-28)19(15-29)27(21,5)23(31)13-22(25)26/h7,14-15,19-23,31H,6,8-13,16H2,1-5H3. The van der Waals surface area contributed by atoms with Gasteiger partial charge in [-0.1, -0.05) is 40.2 Å². The predicted molar refractivity (Wildman–Crippen MR) is 122 cm³/mol. The van der Waals surface area contributed by atoms with Crippen molar-refractivity contribution in [2.75, 3.05) is 6.61 Å². The first-order valence-electron chi connectivity index (χ1n) is 12.4. The van der Waals surface area contributed by atoms with Crippen LogP contribution in [0.2, 0.25) is 0 Å². The van der Waals surface area contributed by atoms with Crippen molar-refractivity contribution in [1.82, 2.24) is 0 Å². The zero-order chi connectivity index (χ0) is 23.5. The van der Waals surface area contributed by atoms with Crippen molar-refractivity contribution in [2.24, 2.45) is 45.3 Å². The third-order valence-electron chi connectivity index (χ3n) is 10.9. The second-order valence-corrected chi connectivity index (χ2v) is 12.3. The lowest BCUT2D eigenvalue weighted by Gasteiger charge is -2.70. The zero-order valence-corrected chi connectivity index (χ0v) is 20.4. The van der Waals surface area contributed by atoms with Crippen molar-refractivity contribution in [2.45, 2.75) is 85.7 Å². The molecule has 4 aliphatic carbocycles. The highest BCUT2D eigenvalue weighted by Crippen LogP contribution is 2.72. The topological polar surface area (TPSA) is 80.7 Å². The van der Waals surface area contributed by atoms with E-state index in [1.54, 1.807) is 0 Å². The Labute approximate surface area is 192 Å². The summed E-state index contributed by atoms with van der Waals surface area (Å²) in [5.41, 5.74) is -0.0874. The lowest BCUT2D eigenvalue weighted by atomic mass is 9.34. The summed E-state index contributed by atoms with van der Waals surface area (Å²) in [5.74, 6) is 0.157. The first kappa shape index (κ1) is 23.7. The van der Waals surface area contributed by atoms with E-state index >= 15 is 0 Å². The molecule has 0 bridgehead atoms. The SMILES string of the molecule is CC(=O)OCC1(C)CCCC2(C)C1CCC1(C)C2CC(O)C2(C)C(C=O)C(C=O)=CCC12. The van der Waals surface area contributed by atoms with Gasteiger partial charge < -0.3 is 14.6 Å². The maximum absolute atomic E-state index is 12.2. The molecule has 0 aromatic rings. The largest absolute Gasteiger partial charge is 0.465 e. The molecule has 0 heterocycles. The summed E-state index contributed by atoms with van der Waals surface area (Å²) < 4.78 is 5.55. The summed E-state index contributed by atoms with van der Waals surface area (Å²) in [7, 11) is 0. The Balaban J connectivity index is 1.74. The minimum atomic E-state index is -0.623. The molecule has 0 saturated heterocycles. The van der Waals surface area contributed by atoms with E-state index < -0.39 is 17.4 Å². The van der Waals surface area contributed by atoms with Gasteiger partial charge in [0.25, 0.3) is 0 Å². The average molecular weight is 445 g/mol. The summed E-state index contributed by atoms with van der Waals surface area (Å²) >= 11 is 0. The Bertz CT molecular complexity index is 834. The minimum Gasteiger partial charge on any atom is -0.465 e. The highest BCUT2D eigenvalue weighted by molar-refractivity contribution is 5.82. The second kappa shape index (κ2) is 7.78. The van der Waals surface area contributed by atoms with Crippen LogP contribution in [0.3, 0.4) is 0 Å². The number of hydrogen-bond donors (Lipinski definition) is 1. The summed E-state index contributed by atoms with van der Waals surface area (Å²) in [5, 5.41) is 11.6. The molecule has 5 heteroatoms. The molecule has 0 amide bonds. The molecule has 3 saturated carbocycles. The normalized spacial score (nSPS) is 50.2. The fourth-order valence-electron chi connectivity index (χ4n) is 9.34. The molecule has 9 atom stereocenters. The maximum Gasteiger partial charge on any atom is 0.302 e. The molecule has 0 aromatic carbocycles. The first-order valence-corrected chi connectivity index (χ1v) is 12.4. The van der Waals surface area contributed by atoms with Crippen LogP contribution in [0.5, 0.6) is 0 Å². The van der Waals surface area contributed by atoms with Crippen LogP contribution in [0.15, 0.2) is 11.6 Å². The van der Waals surface area contributed by atoms with E-state index in [1.807, 2.05) is 13.0 Å². The molecule has 0 aliphatic heterocycles. The van der Waals surface area contributed by atoms with Gasteiger partial charge >= 0.3 is 5.97 Å². The van der Waals surface area contributed by atoms with Gasteiger partial charge in [0.05, 0.1) is 18.6 Å². The van der Waals surface area contributed by atoms with E-state index in [2.05, 4.69) is 20.8 Å². The number of aliphatic hydroxyl groups excluding tert-OH is 1. The highest BCUT2D eigenvalue weighted by Gasteiger charge is 2.68. The quantitative estimate of drug-likeness (QED) is 0.510. The van der Waals surface area contributed by atoms with Gasteiger partial charge in [0.15, 0.2) is 0 Å². The number of hydrogen-bond acceptors (Lipinski definition) is 5. The Hall–Kier alpha value is -1.49. The number of rotatable bonds is 4. The third kappa shape index (κ3) is 3.09. The van der Waals surface area contributed by atoms with Crippen LogP contribution in [0.4, 0.5) is 0 Å². The third-order valence-corrected chi connectivity index (χ3v) is 10.9. The zero-order valence-electron chi connectivity index (χ0n) is 20.4. The monoisotopic (exact) mass is 444 g/mol. The Kier molecular flexibility index (Phi) is 5.76. The number of carbonyl (C=O) groups is 3. The van der Waals surface area contributed by atoms with Crippen LogP contribution in [-0.4, -0.2) is 36.4 Å². The van der Waals surface area contributed by atoms with Crippen LogP contribution in [0, 0.1) is 45.3 Å². The van der Waals surface area contributed by atoms with Gasteiger partial charge in [-0.3, -0.25) is 9.59 Å². The molecule has 0 spiro atoms. The van der Waals surface area contributed by atoms with Gasteiger partial charge in [-0.05, 0) is 72.7 Å². The molecule has 178 valence electrons. The van der Waals surface area contributed by atoms with Crippen molar-refractivity contribution in [3.8, 4) is 0 Å². The number of carbonyl (C=O) groups excluding carboxylic acids is 3. The van der Waals surface area contributed by atoms with Crippen LogP contribution in [0.1, 0.15) is 79.6 Å². The number of esters is 1. The van der Waals surface area contributed by atoms with Crippen molar-refractivity contribution in [3.63, 3.8) is 0 Å². The van der Waals surface area contributed by atoms with E-state index in [0.717, 1.165) is 51.1 Å². The van der Waals surface area contributed by atoms with Gasteiger partial charge in [-0.2, -0.15) is 0 Å². The van der Waals surface area contributed by atoms with E-state index in [-0.39, 0.29) is 28.1 Å². The van der Waals surface area contributed by atoms with E-state index in [9.17, 15) is 19.5 Å². The molecular formula is C27H40O5. The predicted octanol–water partition coefficient (Wildman–Crippen LogP) is 4.51. The van der Waals surface area contributed by atoms with Crippen molar-refractivity contribution >= 4 is 18.5 Å². The summed E-state index contributed by atoms with van der Waals surface area (Å²) in [6.45, 7) is 11.1. The summed E-state index contributed by atoms with van der Waals surface area (Å²) in [6, 6.07) is 0. The van der Waals surface area contributed by atoms with Gasteiger partial charge in [-0.25, -0.2) is 0 Å². The number of aldehydes is 2. The highest BCUT2D eigenvalue weighted by atomic mass is 16.5. The van der Waals surface area contributed by atoms with Crippen LogP contribution in [0.25, 0.3) is 0 Å². The van der Waals surface area contributed by atoms with Crippen molar-refractivity contribution in [1.29, 1.82) is 0 Å². The molecule has 9 unspecified atom stereocenters. The number of allylic oxidation sites excluding steroid dienone is 2. The smallest absolute Gasteiger partial charge is 0.302 e. The van der Waals surface area contributed by atoms with E-state index in [0.29, 0.717) is 30.4 Å². The fourth-order valence-corrected chi connectivity index (χ4v) is 9.34. The van der Waals surface area contributed by atoms with Crippen LogP contribution < -0.4 is 0 Å². The Morgan fingerprint density at radius 2 is 1.78 bits per heavy atom. The van der Waals surface area contributed by atoms with Gasteiger partial charge in [0.2, 0.25) is 0 Å². The molecule has 0 aromatic heterocycles. The van der Waals surface area contributed by atoms with Crippen molar-refractivity contribution in [3.05, 3.63) is 11.6 Å². The minimum absolute atomic E-state index is 0.00884. The lowest BCUT2D eigenvalue weighted by molar-refractivity contribution is -0.236. The van der Waals surface area contributed by atoms with Gasteiger partial charge in [0, 0.05) is 17.8 Å². The number of fused-ring (bicyclic) bond motifs is 5. The average Bonchev–Trinajstić information content (AvgIpc) is 2.73. The van der Waals surface area contributed by atoms with E-state index in [1.165, 1.54) is 6.92 Å². The molecule has 32 heavy (non-hydrogen) atoms. The van der Waals surface area contributed by atoms with E-state index in [4.69, 9.17) is 4.74 Å².